The maximum absolute atomic E-state index is 12.7. The Labute approximate surface area is 126 Å². The molecule has 0 aliphatic rings. The second-order valence-electron chi connectivity index (χ2n) is 5.37. The molecule has 1 N–H and O–H groups in total. The van der Waals surface area contributed by atoms with Crippen LogP contribution in [0.4, 0.5) is 13.2 Å². The van der Waals surface area contributed by atoms with Crippen LogP contribution in [-0.4, -0.2) is 12.0 Å². The minimum Gasteiger partial charge on any atom is -0.312 e. The molecule has 1 heterocycles. The molecule has 114 valence electrons. The molecule has 1 unspecified atom stereocenters. The first kappa shape index (κ1) is 16.0. The van der Waals surface area contributed by atoms with E-state index in [1.165, 1.54) is 6.20 Å². The van der Waals surface area contributed by atoms with Crippen molar-refractivity contribution >= 4 is 11.3 Å². The van der Waals surface area contributed by atoms with Gasteiger partial charge in [0.15, 0.2) is 5.01 Å². The van der Waals surface area contributed by atoms with E-state index >= 15 is 0 Å². The van der Waals surface area contributed by atoms with Gasteiger partial charge in [-0.2, -0.15) is 13.2 Å². The van der Waals surface area contributed by atoms with Crippen LogP contribution in [0.15, 0.2) is 36.5 Å². The predicted molar refractivity (Wildman–Crippen MR) is 78.4 cm³/mol. The monoisotopic (exact) mass is 314 g/mol. The highest BCUT2D eigenvalue weighted by Crippen LogP contribution is 2.41. The standard InChI is InChI=1S/C15H17F3N2S/c1-14(2,10-7-5-4-6-8-10)12(19-3)11-9-20-13(21-11)15(16,17)18/h4-9,12,19H,1-3H3. The van der Waals surface area contributed by atoms with Gasteiger partial charge in [-0.25, -0.2) is 4.98 Å². The number of thiazole rings is 1. The third-order valence-corrected chi connectivity index (χ3v) is 4.69. The van der Waals surface area contributed by atoms with Gasteiger partial charge in [-0.15, -0.1) is 11.3 Å². The molecule has 1 atom stereocenters. The first-order valence-corrected chi connectivity index (χ1v) is 7.34. The molecule has 1 aromatic heterocycles. The minimum atomic E-state index is -4.39. The van der Waals surface area contributed by atoms with Crippen molar-refractivity contribution in [3.05, 3.63) is 52.0 Å². The van der Waals surface area contributed by atoms with E-state index < -0.39 is 11.2 Å². The lowest BCUT2D eigenvalue weighted by molar-refractivity contribution is -0.137. The molecule has 0 bridgehead atoms. The van der Waals surface area contributed by atoms with Crippen molar-refractivity contribution in [1.82, 2.24) is 10.3 Å². The molecule has 0 aliphatic carbocycles. The average molecular weight is 314 g/mol. The molecule has 0 radical (unpaired) electrons. The number of rotatable bonds is 4. The van der Waals surface area contributed by atoms with Crippen molar-refractivity contribution in [3.8, 4) is 0 Å². The van der Waals surface area contributed by atoms with Crippen molar-refractivity contribution in [2.45, 2.75) is 31.5 Å². The number of hydrogen-bond acceptors (Lipinski definition) is 3. The van der Waals surface area contributed by atoms with Gasteiger partial charge in [0.1, 0.15) is 0 Å². The lowest BCUT2D eigenvalue weighted by Gasteiger charge is -2.34. The smallest absolute Gasteiger partial charge is 0.312 e. The predicted octanol–water partition coefficient (Wildman–Crippen LogP) is 4.40. The van der Waals surface area contributed by atoms with E-state index in [1.807, 2.05) is 44.2 Å². The second-order valence-corrected chi connectivity index (χ2v) is 6.44. The van der Waals surface area contributed by atoms with E-state index in [4.69, 9.17) is 0 Å². The molecule has 0 spiro atoms. The van der Waals surface area contributed by atoms with Crippen molar-refractivity contribution in [3.63, 3.8) is 0 Å². The fourth-order valence-corrected chi connectivity index (χ4v) is 3.52. The molecule has 2 rings (SSSR count). The Morgan fingerprint density at radius 3 is 2.24 bits per heavy atom. The zero-order chi connectivity index (χ0) is 15.7. The molecule has 1 aromatic carbocycles. The van der Waals surface area contributed by atoms with Crippen molar-refractivity contribution < 1.29 is 13.2 Å². The van der Waals surface area contributed by atoms with Crippen LogP contribution in [0.25, 0.3) is 0 Å². The summed E-state index contributed by atoms with van der Waals surface area (Å²) in [6.45, 7) is 4.02. The minimum absolute atomic E-state index is 0.242. The van der Waals surface area contributed by atoms with Gasteiger partial charge >= 0.3 is 6.18 Å². The average Bonchev–Trinajstić information content (AvgIpc) is 2.90. The fourth-order valence-electron chi connectivity index (χ4n) is 2.44. The molecule has 2 aromatic rings. The van der Waals surface area contributed by atoms with Crippen LogP contribution in [0, 0.1) is 0 Å². The molecule has 0 amide bonds. The number of nitrogens with zero attached hydrogens (tertiary/aromatic N) is 1. The normalized spacial score (nSPS) is 14.2. The highest BCUT2D eigenvalue weighted by atomic mass is 32.1. The lowest BCUT2D eigenvalue weighted by atomic mass is 9.77. The first-order valence-electron chi connectivity index (χ1n) is 6.52. The van der Waals surface area contributed by atoms with Crippen molar-refractivity contribution in [2.75, 3.05) is 7.05 Å². The van der Waals surface area contributed by atoms with Gasteiger partial charge in [-0.3, -0.25) is 0 Å². The van der Waals surface area contributed by atoms with Gasteiger partial charge in [0, 0.05) is 16.5 Å². The highest BCUT2D eigenvalue weighted by Gasteiger charge is 2.38. The highest BCUT2D eigenvalue weighted by molar-refractivity contribution is 7.11. The Bertz CT molecular complexity index is 590. The van der Waals surface area contributed by atoms with E-state index in [1.54, 1.807) is 7.05 Å². The quantitative estimate of drug-likeness (QED) is 0.905. The molecular formula is C15H17F3N2S. The summed E-state index contributed by atoms with van der Waals surface area (Å²) >= 11 is 0.695. The van der Waals surface area contributed by atoms with Gasteiger partial charge in [-0.05, 0) is 12.6 Å². The fraction of sp³-hybridized carbons (Fsp3) is 0.400. The van der Waals surface area contributed by atoms with Gasteiger partial charge in [0.25, 0.3) is 0 Å². The van der Waals surface area contributed by atoms with Crippen LogP contribution in [0.1, 0.15) is 35.3 Å². The third-order valence-electron chi connectivity index (χ3n) is 3.58. The van der Waals surface area contributed by atoms with Crippen LogP contribution >= 0.6 is 11.3 Å². The largest absolute Gasteiger partial charge is 0.443 e. The van der Waals surface area contributed by atoms with Crippen LogP contribution in [0.3, 0.4) is 0 Å². The Morgan fingerprint density at radius 1 is 1.14 bits per heavy atom. The number of hydrogen-bond donors (Lipinski definition) is 1. The number of likely N-dealkylation sites (N-methyl/N-ethyl adjacent to an activating group) is 1. The molecule has 6 heteroatoms. The van der Waals surface area contributed by atoms with Gasteiger partial charge in [-0.1, -0.05) is 44.2 Å². The number of halogens is 3. The first-order chi connectivity index (χ1) is 9.76. The summed E-state index contributed by atoms with van der Waals surface area (Å²) in [5.41, 5.74) is 0.706. The summed E-state index contributed by atoms with van der Waals surface area (Å²) < 4.78 is 38.1. The molecular weight excluding hydrogens is 297 g/mol. The second kappa shape index (κ2) is 5.77. The number of benzene rings is 1. The van der Waals surface area contributed by atoms with E-state index in [9.17, 15) is 13.2 Å². The molecule has 0 fully saturated rings. The Kier molecular flexibility index (Phi) is 4.39. The van der Waals surface area contributed by atoms with Gasteiger partial charge in [0.2, 0.25) is 0 Å². The van der Waals surface area contributed by atoms with E-state index in [0.717, 1.165) is 5.56 Å². The van der Waals surface area contributed by atoms with Crippen LogP contribution in [0.2, 0.25) is 0 Å². The molecule has 2 nitrogen and oxygen atoms in total. The number of aromatic nitrogens is 1. The van der Waals surface area contributed by atoms with Crippen molar-refractivity contribution in [2.24, 2.45) is 0 Å². The van der Waals surface area contributed by atoms with E-state index in [2.05, 4.69) is 10.3 Å². The van der Waals surface area contributed by atoms with Crippen LogP contribution < -0.4 is 5.32 Å². The van der Waals surface area contributed by atoms with Gasteiger partial charge < -0.3 is 5.32 Å². The number of nitrogens with one attached hydrogen (secondary N) is 1. The van der Waals surface area contributed by atoms with Crippen LogP contribution in [-0.2, 0) is 11.6 Å². The summed E-state index contributed by atoms with van der Waals surface area (Å²) in [5, 5.41) is 2.32. The SMILES string of the molecule is CNC(c1cnc(C(F)(F)F)s1)C(C)(C)c1ccccc1. The van der Waals surface area contributed by atoms with Crippen LogP contribution in [0.5, 0.6) is 0 Å². The lowest BCUT2D eigenvalue weighted by Crippen LogP contribution is -2.35. The summed E-state index contributed by atoms with van der Waals surface area (Å²) in [6.07, 6.45) is -3.07. The summed E-state index contributed by atoms with van der Waals surface area (Å²) in [6, 6.07) is 9.50. The maximum atomic E-state index is 12.7. The Balaban J connectivity index is 2.37. The topological polar surface area (TPSA) is 24.9 Å². The third kappa shape index (κ3) is 3.27. The zero-order valence-electron chi connectivity index (χ0n) is 12.0. The Hall–Kier alpha value is -1.40. The molecule has 0 saturated carbocycles. The maximum Gasteiger partial charge on any atom is 0.443 e. The number of alkyl halides is 3. The summed E-state index contributed by atoms with van der Waals surface area (Å²) in [4.78, 5) is 4.10. The van der Waals surface area contributed by atoms with Gasteiger partial charge in [0.05, 0.1) is 6.04 Å². The van der Waals surface area contributed by atoms with Crippen molar-refractivity contribution in [1.29, 1.82) is 0 Å². The Morgan fingerprint density at radius 2 is 1.76 bits per heavy atom. The molecule has 21 heavy (non-hydrogen) atoms. The molecule has 0 aliphatic heterocycles. The van der Waals surface area contributed by atoms with E-state index in [-0.39, 0.29) is 11.5 Å². The summed E-state index contributed by atoms with van der Waals surface area (Å²) in [7, 11) is 1.75. The molecule has 0 saturated heterocycles. The summed E-state index contributed by atoms with van der Waals surface area (Å²) in [5.74, 6) is 0. The van der Waals surface area contributed by atoms with E-state index in [0.29, 0.717) is 16.2 Å². The zero-order valence-corrected chi connectivity index (χ0v) is 12.8.